The molecule has 4 aromatic heterocycles. The van der Waals surface area contributed by atoms with Crippen LogP contribution >= 0.6 is 45.3 Å². The number of fused-ring (bicyclic) bond motifs is 4. The van der Waals surface area contributed by atoms with Gasteiger partial charge in [0, 0.05) is 63.8 Å². The van der Waals surface area contributed by atoms with E-state index < -0.39 is 8.07 Å². The molecule has 0 atom stereocenters. The molecule has 17 heteroatoms. The van der Waals surface area contributed by atoms with Crippen LogP contribution in [0, 0.1) is 0 Å². The molecule has 14 rings (SSSR count). The van der Waals surface area contributed by atoms with Gasteiger partial charge in [-0.25, -0.2) is 0 Å². The van der Waals surface area contributed by atoms with Gasteiger partial charge in [-0.1, -0.05) is 160 Å². The summed E-state index contributed by atoms with van der Waals surface area (Å²) in [7, 11) is -4.35. The van der Waals surface area contributed by atoms with Gasteiger partial charge in [-0.15, -0.1) is 45.3 Å². The first-order valence-electron chi connectivity index (χ1n) is 39.5. The maximum atomic E-state index is 8.03. The summed E-state index contributed by atoms with van der Waals surface area (Å²) >= 11 is 7.20. The van der Waals surface area contributed by atoms with Crippen molar-refractivity contribution in [3.05, 3.63) is 0 Å². The second kappa shape index (κ2) is 31.8. The SMILES string of the molecule is CCCCOc1c(OCCCC)c2sc3c(OCCCC)c(OCCCC)c4sc5c(OCCCC)c(OCCCC)c6c7c(c1[Si]61c6c(OCCCC)c(OCCCC)c8sc9c(OCCCC)c(OCCCC)c%10sc%11c(OCCCC)c(OCCCC)c1c1c6c8c9c%10c%111)c2c3c4c57. The molecular formula is C84H108O12S4Si. The molecule has 12 aromatic rings. The van der Waals surface area contributed by atoms with Crippen molar-refractivity contribution in [2.75, 3.05) is 79.3 Å². The molecule has 1 spiro atoms. The van der Waals surface area contributed by atoms with Gasteiger partial charge in [0.1, 0.15) is 0 Å². The average molecular weight is 1470 g/mol. The smallest absolute Gasteiger partial charge is 0.200 e. The van der Waals surface area contributed by atoms with E-state index in [0.717, 1.165) is 281 Å². The monoisotopic (exact) mass is 1460 g/mol. The Hall–Kier alpha value is -5.98. The van der Waals surface area contributed by atoms with E-state index in [2.05, 4.69) is 83.1 Å². The molecule has 0 unspecified atom stereocenters. The Kier molecular flexibility index (Phi) is 22.6. The number of benzene rings is 8. The third-order valence-electron chi connectivity index (χ3n) is 20.9. The van der Waals surface area contributed by atoms with Crippen molar-refractivity contribution in [2.45, 2.75) is 237 Å². The molecule has 0 radical (unpaired) electrons. The van der Waals surface area contributed by atoms with Gasteiger partial charge in [0.25, 0.3) is 0 Å². The molecular weight excluding hydrogens is 1360 g/mol. The Bertz CT molecular complexity index is 4220. The van der Waals surface area contributed by atoms with E-state index in [1.54, 1.807) is 45.3 Å². The quantitative estimate of drug-likeness (QED) is 0.0206. The molecule has 0 amide bonds. The highest BCUT2D eigenvalue weighted by molar-refractivity contribution is 7.34. The minimum absolute atomic E-state index is 0.483. The molecule has 0 bridgehead atoms. The molecule has 2 aliphatic rings. The van der Waals surface area contributed by atoms with Gasteiger partial charge in [-0.2, -0.15) is 0 Å². The first-order chi connectivity index (χ1) is 49.8. The highest BCUT2D eigenvalue weighted by Gasteiger charge is 2.63. The number of hydrogen-bond acceptors (Lipinski definition) is 16. The summed E-state index contributed by atoms with van der Waals surface area (Å²) in [5, 5.41) is 18.9. The maximum absolute atomic E-state index is 8.03. The molecule has 101 heavy (non-hydrogen) atoms. The summed E-state index contributed by atoms with van der Waals surface area (Å²) in [6.45, 7) is 33.3. The molecule has 0 saturated heterocycles. The number of ether oxygens (including phenoxy) is 12. The Morgan fingerprint density at radius 2 is 0.287 bits per heavy atom. The van der Waals surface area contributed by atoms with Crippen molar-refractivity contribution in [3.8, 4) is 69.0 Å². The fourth-order valence-electron chi connectivity index (χ4n) is 15.7. The number of thiophene rings is 4. The van der Waals surface area contributed by atoms with Crippen LogP contribution in [0.15, 0.2) is 0 Å². The number of unbranched alkanes of at least 4 members (excludes halogenated alkanes) is 12. The van der Waals surface area contributed by atoms with Crippen LogP contribution in [0.1, 0.15) is 237 Å². The lowest BCUT2D eigenvalue weighted by molar-refractivity contribution is 0.265. The summed E-state index contributed by atoms with van der Waals surface area (Å²) in [6.07, 6.45) is 22.2. The predicted octanol–water partition coefficient (Wildman–Crippen LogP) is 23.4. The summed E-state index contributed by atoms with van der Waals surface area (Å²) in [5.41, 5.74) is 0. The molecule has 12 nitrogen and oxygen atoms in total. The van der Waals surface area contributed by atoms with Crippen LogP contribution in [-0.2, 0) is 0 Å². The van der Waals surface area contributed by atoms with Crippen molar-refractivity contribution in [3.63, 3.8) is 0 Å². The average Bonchev–Trinajstić information content (AvgIpc) is 1.44. The van der Waals surface area contributed by atoms with Gasteiger partial charge in [-0.3, -0.25) is 0 Å². The lowest BCUT2D eigenvalue weighted by atomic mass is 9.93. The lowest BCUT2D eigenvalue weighted by Gasteiger charge is -2.35. The fraction of sp³-hybridized carbons (Fsp3) is 0.571. The van der Waals surface area contributed by atoms with E-state index in [9.17, 15) is 0 Å². The van der Waals surface area contributed by atoms with Crippen molar-refractivity contribution in [1.82, 2.24) is 0 Å². The van der Waals surface area contributed by atoms with Gasteiger partial charge >= 0.3 is 0 Å². The summed E-state index contributed by atoms with van der Waals surface area (Å²) in [5.74, 6) is 9.66. The zero-order valence-electron chi connectivity index (χ0n) is 62.5. The van der Waals surface area contributed by atoms with Gasteiger partial charge in [0.05, 0.1) is 117 Å². The normalized spacial score (nSPS) is 13.3. The Morgan fingerprint density at radius 3 is 0.426 bits per heavy atom. The van der Waals surface area contributed by atoms with E-state index >= 15 is 0 Å². The Morgan fingerprint density at radius 1 is 0.168 bits per heavy atom. The van der Waals surface area contributed by atoms with E-state index in [-0.39, 0.29) is 0 Å². The molecule has 8 aromatic carbocycles. The Balaban J connectivity index is 1.32. The molecule has 0 fully saturated rings. The molecule has 6 heterocycles. The minimum Gasteiger partial charge on any atom is -0.490 e. The van der Waals surface area contributed by atoms with Crippen molar-refractivity contribution in [2.24, 2.45) is 0 Å². The maximum Gasteiger partial charge on any atom is 0.200 e. The largest absolute Gasteiger partial charge is 0.490 e. The van der Waals surface area contributed by atoms with Crippen LogP contribution in [0.5, 0.6) is 69.0 Å². The van der Waals surface area contributed by atoms with Gasteiger partial charge in [0.15, 0.2) is 69.0 Å². The third-order valence-corrected chi connectivity index (χ3v) is 30.5. The van der Waals surface area contributed by atoms with Crippen LogP contribution < -0.4 is 77.6 Å². The van der Waals surface area contributed by atoms with Crippen molar-refractivity contribution >= 4 is 176 Å². The van der Waals surface area contributed by atoms with Crippen LogP contribution in [0.2, 0.25) is 0 Å². The van der Waals surface area contributed by atoms with Crippen LogP contribution in [0.3, 0.4) is 0 Å². The standard InChI is InChI=1S/C84H108O12S4Si/c1-13-25-37-85-61-62(86-38-26-14-2)74-50-49-53-57-58-54(50)78(98-74)66(90-42-30-18-6)70(94-46-34-22-10)82(58)101(81(57)69(93-45-33-21-9)65(89-41-29-17-5)77(53)97-73(49)61)83-59-55-51-52-56-60(59)84(101)72(96-48-36-24-12)68(92-44-32-20-8)80(56)100-76(52)64(88-40-28-16-4)63(87-39-27-15-3)75(51)99-79(55)67(91-43-31-19-7)71(83)95-47-35-23-11/h13-48H2,1-12H3. The van der Waals surface area contributed by atoms with E-state index in [0.29, 0.717) is 79.3 Å². The molecule has 0 aliphatic carbocycles. The summed E-state index contributed by atoms with van der Waals surface area (Å²) < 4.78 is 101. The fourth-order valence-corrected chi connectivity index (χ4v) is 27.1. The van der Waals surface area contributed by atoms with Gasteiger partial charge in [-0.05, 0) is 98.6 Å². The number of rotatable bonds is 48. The highest BCUT2D eigenvalue weighted by atomic mass is 32.1. The minimum atomic E-state index is -4.35. The zero-order valence-corrected chi connectivity index (χ0v) is 66.8. The first kappa shape index (κ1) is 72.0. The van der Waals surface area contributed by atoms with E-state index in [1.165, 1.54) is 64.6 Å². The zero-order chi connectivity index (χ0) is 70.1. The van der Waals surface area contributed by atoms with Crippen molar-refractivity contribution < 1.29 is 56.8 Å². The van der Waals surface area contributed by atoms with Crippen LogP contribution in [0.4, 0.5) is 0 Å². The molecule has 0 saturated carbocycles. The van der Waals surface area contributed by atoms with Crippen molar-refractivity contribution in [1.29, 1.82) is 0 Å². The predicted molar refractivity (Wildman–Crippen MR) is 433 cm³/mol. The van der Waals surface area contributed by atoms with Gasteiger partial charge in [0.2, 0.25) is 8.07 Å². The lowest BCUT2D eigenvalue weighted by Crippen LogP contribution is -2.72. The van der Waals surface area contributed by atoms with Gasteiger partial charge < -0.3 is 56.8 Å². The second-order valence-electron chi connectivity index (χ2n) is 28.2. The molecule has 2 aliphatic heterocycles. The molecule has 0 N–H and O–H groups in total. The number of hydrogen-bond donors (Lipinski definition) is 0. The topological polar surface area (TPSA) is 111 Å². The third kappa shape index (κ3) is 11.6. The van der Waals surface area contributed by atoms with Crippen LogP contribution in [0.25, 0.3) is 102 Å². The molecule has 544 valence electrons. The second-order valence-corrected chi connectivity index (χ2v) is 35.7. The highest BCUT2D eigenvalue weighted by Crippen LogP contribution is 2.68. The van der Waals surface area contributed by atoms with E-state index in [1.807, 2.05) is 0 Å². The summed E-state index contributed by atoms with van der Waals surface area (Å²) in [4.78, 5) is 0. The first-order valence-corrected chi connectivity index (χ1v) is 44.8. The van der Waals surface area contributed by atoms with Crippen LogP contribution in [-0.4, -0.2) is 87.4 Å². The van der Waals surface area contributed by atoms with E-state index in [4.69, 9.17) is 56.8 Å². The Labute approximate surface area is 614 Å². The summed E-state index contributed by atoms with van der Waals surface area (Å²) in [6, 6.07) is 0.